The smallest absolute Gasteiger partial charge is 0.264 e. The van der Waals surface area contributed by atoms with Crippen LogP contribution in [0, 0.1) is 11.8 Å². The molecule has 5 aliphatic rings. The average Bonchev–Trinajstić information content (AvgIpc) is 3.14. The van der Waals surface area contributed by atoms with E-state index < -0.39 is 15.6 Å². The van der Waals surface area contributed by atoms with Crippen molar-refractivity contribution in [3.05, 3.63) is 60.2 Å². The molecule has 2 aliphatic carbocycles. The van der Waals surface area contributed by atoms with Crippen LogP contribution in [0.2, 0.25) is 0 Å². The van der Waals surface area contributed by atoms with Crippen LogP contribution >= 0.6 is 0 Å². The molecule has 5 nitrogen and oxygen atoms in total. The summed E-state index contributed by atoms with van der Waals surface area (Å²) < 4.78 is 29.5. The maximum absolute atomic E-state index is 13.9. The maximum atomic E-state index is 13.9. The van der Waals surface area contributed by atoms with E-state index in [1.165, 1.54) is 0 Å². The van der Waals surface area contributed by atoms with Gasteiger partial charge in [-0.15, -0.1) is 0 Å². The minimum Gasteiger partial charge on any atom is -0.338 e. The minimum absolute atomic E-state index is 0.152. The number of hydrogen-bond donors (Lipinski definition) is 0. The molecule has 1 amide bonds. The van der Waals surface area contributed by atoms with Crippen molar-refractivity contribution in [1.82, 2.24) is 4.90 Å². The third-order valence-corrected chi connectivity index (χ3v) is 10.3. The van der Waals surface area contributed by atoms with Crippen LogP contribution in [0.25, 0.3) is 0 Å². The Kier molecular flexibility index (Phi) is 2.76. The molecule has 5 atom stereocenters. The molecule has 2 aromatic rings. The van der Waals surface area contributed by atoms with E-state index in [1.807, 2.05) is 24.3 Å². The Morgan fingerprint density at radius 3 is 2.55 bits per heavy atom. The van der Waals surface area contributed by atoms with Gasteiger partial charge < -0.3 is 4.90 Å². The molecule has 0 radical (unpaired) electrons. The van der Waals surface area contributed by atoms with E-state index in [2.05, 4.69) is 11.0 Å². The third-order valence-electron chi connectivity index (χ3n) is 8.43. The zero-order valence-electron chi connectivity index (χ0n) is 16.0. The summed E-state index contributed by atoms with van der Waals surface area (Å²) in [5.41, 5.74) is 0.897. The lowest BCUT2D eigenvalue weighted by molar-refractivity contribution is -0.136. The van der Waals surface area contributed by atoms with Crippen molar-refractivity contribution in [3.8, 4) is 0 Å². The number of anilines is 1. The molecule has 148 valence electrons. The van der Waals surface area contributed by atoms with Gasteiger partial charge in [-0.1, -0.05) is 36.4 Å². The number of carbonyl (C=O) groups is 1. The average molecular weight is 407 g/mol. The number of benzene rings is 2. The van der Waals surface area contributed by atoms with E-state index in [0.717, 1.165) is 43.5 Å². The summed E-state index contributed by atoms with van der Waals surface area (Å²) in [6, 6.07) is 16.8. The minimum atomic E-state index is -3.75. The van der Waals surface area contributed by atoms with E-state index >= 15 is 0 Å². The van der Waals surface area contributed by atoms with E-state index in [9.17, 15) is 13.2 Å². The number of carbonyl (C=O) groups excluding carboxylic acids is 1. The van der Waals surface area contributed by atoms with Gasteiger partial charge >= 0.3 is 0 Å². The number of piperidine rings is 2. The Morgan fingerprint density at radius 2 is 1.72 bits per heavy atom. The van der Waals surface area contributed by atoms with E-state index in [-0.39, 0.29) is 23.3 Å². The second kappa shape index (κ2) is 4.86. The standard InChI is InChI=1S/C23H22N2O3S/c26-21-19-22-13-12-15-7-6-14-24(21)20(15)23(19,22)17-10-4-5-11-18(17)25(22)29(27,28)16-8-2-1-3-9-16/h1-5,8-11,15,19-20H,6-7,12-14H2/t15-,19?,20-,22+,23-/m0/s1. The Labute approximate surface area is 170 Å². The molecule has 0 N–H and O–H groups in total. The molecular formula is C23H22N2O3S. The van der Waals surface area contributed by atoms with Crippen molar-refractivity contribution < 1.29 is 13.2 Å². The van der Waals surface area contributed by atoms with Crippen LogP contribution in [0.5, 0.6) is 0 Å². The SMILES string of the molecule is O=C1C2[C@]34c5ccccc5N(S(=O)(=O)c5ccccc5)[C@]23CC[C@@H]2CCCN1[C@@H]24. The lowest BCUT2D eigenvalue weighted by Crippen LogP contribution is -2.60. The Bertz CT molecular complexity index is 1180. The highest BCUT2D eigenvalue weighted by Gasteiger charge is 2.95. The van der Waals surface area contributed by atoms with Gasteiger partial charge in [0.15, 0.2) is 0 Å². The molecule has 3 aliphatic heterocycles. The van der Waals surface area contributed by atoms with Gasteiger partial charge in [0.1, 0.15) is 0 Å². The summed E-state index contributed by atoms with van der Waals surface area (Å²) in [7, 11) is -3.75. The zero-order chi connectivity index (χ0) is 19.6. The second-order valence-corrected chi connectivity index (χ2v) is 11.0. The summed E-state index contributed by atoms with van der Waals surface area (Å²) in [5.74, 6) is 0.444. The van der Waals surface area contributed by atoms with Crippen molar-refractivity contribution in [2.24, 2.45) is 11.8 Å². The van der Waals surface area contributed by atoms with E-state index in [4.69, 9.17) is 0 Å². The van der Waals surface area contributed by atoms with Crippen molar-refractivity contribution >= 4 is 21.6 Å². The number of hydrogen-bond acceptors (Lipinski definition) is 3. The number of nitrogens with zero attached hydrogens (tertiary/aromatic N) is 2. The van der Waals surface area contributed by atoms with Gasteiger partial charge in [0, 0.05) is 12.6 Å². The highest BCUT2D eigenvalue weighted by molar-refractivity contribution is 7.93. The van der Waals surface area contributed by atoms with Gasteiger partial charge in [0.05, 0.1) is 27.5 Å². The van der Waals surface area contributed by atoms with Gasteiger partial charge in [-0.25, -0.2) is 8.42 Å². The fraction of sp³-hybridized carbons (Fsp3) is 0.435. The molecule has 2 saturated heterocycles. The first-order valence-electron chi connectivity index (χ1n) is 10.6. The maximum Gasteiger partial charge on any atom is 0.264 e. The van der Waals surface area contributed by atoms with E-state index in [1.54, 1.807) is 28.6 Å². The quantitative estimate of drug-likeness (QED) is 0.771. The van der Waals surface area contributed by atoms with Gasteiger partial charge in [-0.05, 0) is 55.4 Å². The van der Waals surface area contributed by atoms with Crippen molar-refractivity contribution in [1.29, 1.82) is 0 Å². The van der Waals surface area contributed by atoms with Crippen molar-refractivity contribution in [3.63, 3.8) is 0 Å². The fourth-order valence-corrected chi connectivity index (χ4v) is 9.63. The Balaban J connectivity index is 1.51. The molecule has 1 unspecified atom stereocenters. The summed E-state index contributed by atoms with van der Waals surface area (Å²) >= 11 is 0. The van der Waals surface area contributed by atoms with Crippen molar-refractivity contribution in [2.75, 3.05) is 10.8 Å². The summed E-state index contributed by atoms with van der Waals surface area (Å²) in [6.45, 7) is 0.821. The van der Waals surface area contributed by atoms with Gasteiger partial charge in [-0.3, -0.25) is 9.10 Å². The molecule has 6 heteroatoms. The van der Waals surface area contributed by atoms with E-state index in [0.29, 0.717) is 10.8 Å². The van der Waals surface area contributed by atoms with Crippen LogP contribution in [0.3, 0.4) is 0 Å². The van der Waals surface area contributed by atoms with Gasteiger partial charge in [0.25, 0.3) is 10.0 Å². The predicted octanol–water partition coefficient (Wildman–Crippen LogP) is 2.92. The number of amides is 1. The second-order valence-electron chi connectivity index (χ2n) is 9.24. The molecule has 0 bridgehead atoms. The highest BCUT2D eigenvalue weighted by atomic mass is 32.2. The molecule has 3 heterocycles. The molecule has 7 rings (SSSR count). The van der Waals surface area contributed by atoms with Crippen molar-refractivity contribution in [2.45, 2.75) is 47.6 Å². The number of rotatable bonds is 2. The third kappa shape index (κ3) is 1.51. The molecule has 4 fully saturated rings. The molecule has 2 saturated carbocycles. The molecule has 0 aromatic heterocycles. The number of sulfonamides is 1. The zero-order valence-corrected chi connectivity index (χ0v) is 16.8. The topological polar surface area (TPSA) is 57.7 Å². The molecule has 2 aromatic carbocycles. The Morgan fingerprint density at radius 1 is 0.966 bits per heavy atom. The number of para-hydroxylation sites is 1. The van der Waals surface area contributed by atoms with Crippen LogP contribution in [-0.2, 0) is 20.2 Å². The summed E-state index contributed by atoms with van der Waals surface area (Å²) in [5, 5.41) is 0. The Hall–Kier alpha value is -2.34. The summed E-state index contributed by atoms with van der Waals surface area (Å²) in [6.07, 6.45) is 3.99. The van der Waals surface area contributed by atoms with Crippen LogP contribution < -0.4 is 4.31 Å². The first-order chi connectivity index (χ1) is 14.1. The lowest BCUT2D eigenvalue weighted by Gasteiger charge is -2.49. The predicted molar refractivity (Wildman–Crippen MR) is 108 cm³/mol. The fourth-order valence-electron chi connectivity index (χ4n) is 7.73. The summed E-state index contributed by atoms with van der Waals surface area (Å²) in [4.78, 5) is 15.9. The lowest BCUT2D eigenvalue weighted by atomic mass is 9.69. The van der Waals surface area contributed by atoms with Crippen LogP contribution in [0.4, 0.5) is 5.69 Å². The first kappa shape index (κ1) is 16.5. The van der Waals surface area contributed by atoms with Crippen LogP contribution in [0.15, 0.2) is 59.5 Å². The molecular weight excluding hydrogens is 384 g/mol. The van der Waals surface area contributed by atoms with Gasteiger partial charge in [-0.2, -0.15) is 0 Å². The van der Waals surface area contributed by atoms with Crippen LogP contribution in [-0.4, -0.2) is 37.4 Å². The monoisotopic (exact) mass is 406 g/mol. The normalized spacial score (nSPS) is 38.5. The molecule has 1 spiro atoms. The number of fused-ring (bicyclic) bond motifs is 1. The van der Waals surface area contributed by atoms with Crippen LogP contribution in [0.1, 0.15) is 31.2 Å². The van der Waals surface area contributed by atoms with Gasteiger partial charge in [0.2, 0.25) is 5.91 Å². The first-order valence-corrected chi connectivity index (χ1v) is 12.0. The highest BCUT2D eigenvalue weighted by Crippen LogP contribution is 2.83. The largest absolute Gasteiger partial charge is 0.338 e. The molecule has 29 heavy (non-hydrogen) atoms.